The lowest BCUT2D eigenvalue weighted by molar-refractivity contribution is -0.137. The Balaban J connectivity index is 1.56. The molecule has 150 valence electrons. The van der Waals surface area contributed by atoms with Crippen LogP contribution in [0.4, 0.5) is 0 Å². The molecule has 0 aliphatic heterocycles. The van der Waals surface area contributed by atoms with Crippen LogP contribution in [-0.2, 0) is 34.1 Å². The molecule has 1 unspecified atom stereocenters. The minimum absolute atomic E-state index is 0.173. The minimum atomic E-state index is -3.55. The Morgan fingerprint density at radius 2 is 1.86 bits per heavy atom. The van der Waals surface area contributed by atoms with Crippen molar-refractivity contribution < 1.29 is 23.1 Å². The van der Waals surface area contributed by atoms with Gasteiger partial charge in [0.1, 0.15) is 5.75 Å². The van der Waals surface area contributed by atoms with Crippen LogP contribution in [0.15, 0.2) is 47.4 Å². The zero-order valence-corrected chi connectivity index (χ0v) is 16.7. The summed E-state index contributed by atoms with van der Waals surface area (Å²) in [6.45, 7) is 0.386. The first-order chi connectivity index (χ1) is 13.4. The highest BCUT2D eigenvalue weighted by Crippen LogP contribution is 2.28. The fourth-order valence-corrected chi connectivity index (χ4v) is 4.69. The summed E-state index contributed by atoms with van der Waals surface area (Å²) in [6, 6.07) is 12.6. The number of carbonyl (C=O) groups is 1. The van der Waals surface area contributed by atoms with Crippen LogP contribution in [0.2, 0.25) is 0 Å². The van der Waals surface area contributed by atoms with E-state index in [-0.39, 0.29) is 17.2 Å². The number of nitrogens with one attached hydrogen (secondary N) is 1. The number of aryl methyl sites for hydroxylation is 1. The van der Waals surface area contributed by atoms with Gasteiger partial charge in [0.15, 0.2) is 0 Å². The number of fused-ring (bicyclic) bond motifs is 1. The van der Waals surface area contributed by atoms with E-state index in [0.29, 0.717) is 18.7 Å². The summed E-state index contributed by atoms with van der Waals surface area (Å²) in [5.74, 6) is 0.0620. The third-order valence-corrected chi connectivity index (χ3v) is 6.52. The number of hydrogen-bond donors (Lipinski definition) is 2. The second kappa shape index (κ2) is 8.75. The van der Waals surface area contributed by atoms with Crippen molar-refractivity contribution in [3.63, 3.8) is 0 Å². The third kappa shape index (κ3) is 5.11. The highest BCUT2D eigenvalue weighted by molar-refractivity contribution is 7.89. The second-order valence-electron chi connectivity index (χ2n) is 7.15. The first kappa shape index (κ1) is 20.4. The Hall–Kier alpha value is -2.38. The first-order valence-electron chi connectivity index (χ1n) is 9.33. The molecule has 0 heterocycles. The number of rotatable bonds is 9. The van der Waals surface area contributed by atoms with Crippen LogP contribution in [0.25, 0.3) is 0 Å². The molecule has 2 aromatic carbocycles. The molecule has 0 fully saturated rings. The van der Waals surface area contributed by atoms with Gasteiger partial charge in [-0.3, -0.25) is 4.79 Å². The monoisotopic (exact) mass is 403 g/mol. The van der Waals surface area contributed by atoms with Crippen molar-refractivity contribution >= 4 is 16.0 Å². The van der Waals surface area contributed by atoms with Gasteiger partial charge in [0, 0.05) is 13.0 Å². The maximum absolute atomic E-state index is 12.5. The molecular weight excluding hydrogens is 378 g/mol. The van der Waals surface area contributed by atoms with Gasteiger partial charge in [-0.15, -0.1) is 0 Å². The van der Waals surface area contributed by atoms with Crippen LogP contribution in [0.3, 0.4) is 0 Å². The van der Waals surface area contributed by atoms with Crippen LogP contribution in [0, 0.1) is 5.92 Å². The number of carboxylic acids is 1. The van der Waals surface area contributed by atoms with E-state index >= 15 is 0 Å². The topological polar surface area (TPSA) is 92.7 Å². The number of ether oxygens (including phenoxy) is 1. The van der Waals surface area contributed by atoms with E-state index in [2.05, 4.69) is 16.9 Å². The van der Waals surface area contributed by atoms with Crippen LogP contribution < -0.4 is 9.46 Å². The van der Waals surface area contributed by atoms with Gasteiger partial charge >= 0.3 is 5.97 Å². The zero-order valence-electron chi connectivity index (χ0n) is 15.8. The van der Waals surface area contributed by atoms with Crippen molar-refractivity contribution in [2.75, 3.05) is 13.7 Å². The molecule has 1 aliphatic rings. The second-order valence-corrected chi connectivity index (χ2v) is 8.92. The van der Waals surface area contributed by atoms with Gasteiger partial charge in [-0.05, 0) is 72.6 Å². The maximum atomic E-state index is 12.5. The molecule has 7 heteroatoms. The van der Waals surface area contributed by atoms with Crippen molar-refractivity contribution in [3.05, 3.63) is 59.2 Å². The zero-order chi connectivity index (χ0) is 20.1. The van der Waals surface area contributed by atoms with Gasteiger partial charge < -0.3 is 9.84 Å². The molecule has 0 amide bonds. The molecule has 0 saturated heterocycles. The van der Waals surface area contributed by atoms with Crippen molar-refractivity contribution in [1.82, 2.24) is 4.72 Å². The lowest BCUT2D eigenvalue weighted by Crippen LogP contribution is -2.29. The summed E-state index contributed by atoms with van der Waals surface area (Å²) in [5, 5.41) is 8.75. The summed E-state index contributed by atoms with van der Waals surface area (Å²) in [7, 11) is -2.01. The Labute approximate surface area is 165 Å². The van der Waals surface area contributed by atoms with E-state index in [9.17, 15) is 13.2 Å². The van der Waals surface area contributed by atoms with Gasteiger partial charge in [0.2, 0.25) is 10.0 Å². The maximum Gasteiger partial charge on any atom is 0.303 e. The highest BCUT2D eigenvalue weighted by Gasteiger charge is 2.24. The number of carboxylic acid groups (broad SMARTS) is 1. The van der Waals surface area contributed by atoms with Crippen molar-refractivity contribution in [1.29, 1.82) is 0 Å². The van der Waals surface area contributed by atoms with Crippen LogP contribution in [0.5, 0.6) is 5.75 Å². The largest absolute Gasteiger partial charge is 0.497 e. The lowest BCUT2D eigenvalue weighted by atomic mass is 10.0. The Morgan fingerprint density at radius 3 is 2.54 bits per heavy atom. The summed E-state index contributed by atoms with van der Waals surface area (Å²) in [4.78, 5) is 10.9. The van der Waals surface area contributed by atoms with Crippen LogP contribution in [0.1, 0.15) is 29.5 Å². The SMILES string of the molecule is COc1ccc(S(=O)(=O)NCC2Cc3ccc(CCCC(=O)O)cc3C2)cc1. The van der Waals surface area contributed by atoms with Gasteiger partial charge in [-0.2, -0.15) is 0 Å². The van der Waals surface area contributed by atoms with E-state index in [1.165, 1.54) is 30.4 Å². The summed E-state index contributed by atoms with van der Waals surface area (Å²) >= 11 is 0. The molecule has 1 atom stereocenters. The minimum Gasteiger partial charge on any atom is -0.497 e. The fourth-order valence-electron chi connectivity index (χ4n) is 3.57. The standard InChI is InChI=1S/C21H25NO5S/c1-27-19-7-9-20(10-8-19)28(25,26)22-14-16-12-17-6-5-15(11-18(17)13-16)3-2-4-21(23)24/h5-11,16,22H,2-4,12-14H2,1H3,(H,23,24). The molecule has 1 aliphatic carbocycles. The molecule has 3 rings (SSSR count). The Morgan fingerprint density at radius 1 is 1.14 bits per heavy atom. The van der Waals surface area contributed by atoms with Crippen molar-refractivity contribution in [2.24, 2.45) is 5.92 Å². The van der Waals surface area contributed by atoms with E-state index in [1.54, 1.807) is 12.1 Å². The molecule has 6 nitrogen and oxygen atoms in total. The fraction of sp³-hybridized carbons (Fsp3) is 0.381. The van der Waals surface area contributed by atoms with Crippen molar-refractivity contribution in [3.8, 4) is 5.75 Å². The number of sulfonamides is 1. The summed E-state index contributed by atoms with van der Waals surface area (Å²) < 4.78 is 32.8. The average Bonchev–Trinajstić information content (AvgIpc) is 3.08. The van der Waals surface area contributed by atoms with E-state index in [1.807, 2.05) is 6.07 Å². The van der Waals surface area contributed by atoms with E-state index in [4.69, 9.17) is 9.84 Å². The predicted octanol–water partition coefficient (Wildman–Crippen LogP) is 2.80. The van der Waals surface area contributed by atoms with Crippen LogP contribution >= 0.6 is 0 Å². The van der Waals surface area contributed by atoms with E-state index in [0.717, 1.165) is 24.8 Å². The molecule has 0 saturated carbocycles. The third-order valence-electron chi connectivity index (χ3n) is 5.08. The van der Waals surface area contributed by atoms with E-state index < -0.39 is 16.0 Å². The smallest absolute Gasteiger partial charge is 0.303 e. The number of methoxy groups -OCH3 is 1. The number of aliphatic carboxylic acids is 1. The Bertz CT molecular complexity index is 938. The number of hydrogen-bond acceptors (Lipinski definition) is 4. The molecule has 28 heavy (non-hydrogen) atoms. The molecule has 2 N–H and O–H groups in total. The molecular formula is C21H25NO5S. The number of benzene rings is 2. The molecule has 0 radical (unpaired) electrons. The summed E-state index contributed by atoms with van der Waals surface area (Å²) in [6.07, 6.45) is 3.21. The summed E-state index contributed by atoms with van der Waals surface area (Å²) in [5.41, 5.74) is 3.62. The quantitative estimate of drug-likeness (QED) is 0.672. The lowest BCUT2D eigenvalue weighted by Gasteiger charge is -2.11. The van der Waals surface area contributed by atoms with Gasteiger partial charge in [-0.1, -0.05) is 18.2 Å². The molecule has 2 aromatic rings. The predicted molar refractivity (Wildman–Crippen MR) is 106 cm³/mol. The van der Waals surface area contributed by atoms with Gasteiger partial charge in [-0.25, -0.2) is 13.1 Å². The van der Waals surface area contributed by atoms with Crippen molar-refractivity contribution in [2.45, 2.75) is 37.0 Å². The van der Waals surface area contributed by atoms with Gasteiger partial charge in [0.25, 0.3) is 0 Å². The average molecular weight is 404 g/mol. The van der Waals surface area contributed by atoms with Gasteiger partial charge in [0.05, 0.1) is 12.0 Å². The molecule has 0 aromatic heterocycles. The Kier molecular flexibility index (Phi) is 6.36. The first-order valence-corrected chi connectivity index (χ1v) is 10.8. The van der Waals surface area contributed by atoms with Crippen LogP contribution in [-0.4, -0.2) is 33.1 Å². The highest BCUT2D eigenvalue weighted by atomic mass is 32.2. The molecule has 0 bridgehead atoms. The molecule has 0 spiro atoms. The normalized spacial score (nSPS) is 16.0.